The summed E-state index contributed by atoms with van der Waals surface area (Å²) in [6.45, 7) is 1.78. The molecule has 0 atom stereocenters. The van der Waals surface area contributed by atoms with Crippen molar-refractivity contribution < 1.29 is 18.3 Å². The summed E-state index contributed by atoms with van der Waals surface area (Å²) < 4.78 is 33.5. The number of sulfonamides is 1. The Morgan fingerprint density at radius 1 is 1.07 bits per heavy atom. The second kappa shape index (κ2) is 7.67. The number of aryl methyl sites for hydroxylation is 1. The van der Waals surface area contributed by atoms with Gasteiger partial charge in [0.2, 0.25) is 0 Å². The number of phenols is 1. The summed E-state index contributed by atoms with van der Waals surface area (Å²) in [5, 5.41) is 10.3. The highest BCUT2D eigenvalue weighted by Crippen LogP contribution is 2.35. The fourth-order valence-corrected chi connectivity index (χ4v) is 4.41. The Labute approximate surface area is 158 Å². The molecule has 140 valence electrons. The van der Waals surface area contributed by atoms with Crippen LogP contribution in [0.2, 0.25) is 0 Å². The van der Waals surface area contributed by atoms with Crippen LogP contribution in [0.5, 0.6) is 11.5 Å². The van der Waals surface area contributed by atoms with Gasteiger partial charge in [-0.3, -0.25) is 9.29 Å². The number of aromatic hydroxyl groups is 1. The minimum absolute atomic E-state index is 0.0299. The van der Waals surface area contributed by atoms with Crippen molar-refractivity contribution >= 4 is 15.7 Å². The molecule has 1 aromatic heterocycles. The summed E-state index contributed by atoms with van der Waals surface area (Å²) in [7, 11) is -2.61. The Bertz CT molecular complexity index is 1040. The number of rotatable bonds is 6. The maximum Gasteiger partial charge on any atom is 0.268 e. The van der Waals surface area contributed by atoms with Crippen LogP contribution in [0.3, 0.4) is 0 Å². The van der Waals surface area contributed by atoms with Gasteiger partial charge >= 0.3 is 0 Å². The van der Waals surface area contributed by atoms with Crippen molar-refractivity contribution in [2.45, 2.75) is 18.4 Å². The number of para-hydroxylation sites is 2. The van der Waals surface area contributed by atoms with E-state index in [4.69, 9.17) is 4.74 Å². The summed E-state index contributed by atoms with van der Waals surface area (Å²) >= 11 is 0. The lowest BCUT2D eigenvalue weighted by atomic mass is 10.2. The third kappa shape index (κ3) is 3.88. The quantitative estimate of drug-likeness (QED) is 0.704. The smallest absolute Gasteiger partial charge is 0.268 e. The normalized spacial score (nSPS) is 11.2. The van der Waals surface area contributed by atoms with Gasteiger partial charge in [-0.1, -0.05) is 24.3 Å². The lowest BCUT2D eigenvalue weighted by Gasteiger charge is -2.26. The number of anilines is 1. The van der Waals surface area contributed by atoms with E-state index in [1.165, 1.54) is 13.2 Å². The first-order valence-electron chi connectivity index (χ1n) is 8.29. The number of hydrogen-bond acceptors (Lipinski definition) is 5. The summed E-state index contributed by atoms with van der Waals surface area (Å²) in [6.07, 6.45) is 1.60. The SMILES string of the molecule is COc1ccc(C)cc1S(=O)(=O)N(Cc1ccccn1)c1ccccc1O. The Hall–Kier alpha value is -3.06. The maximum atomic E-state index is 13.5. The highest BCUT2D eigenvalue weighted by atomic mass is 32.2. The van der Waals surface area contributed by atoms with Crippen molar-refractivity contribution in [2.24, 2.45) is 0 Å². The molecule has 0 spiro atoms. The molecule has 0 aliphatic carbocycles. The first-order valence-corrected chi connectivity index (χ1v) is 9.73. The van der Waals surface area contributed by atoms with E-state index in [1.54, 1.807) is 60.8 Å². The molecule has 0 bridgehead atoms. The molecule has 0 unspecified atom stereocenters. The Morgan fingerprint density at radius 3 is 2.48 bits per heavy atom. The molecule has 0 aliphatic heterocycles. The van der Waals surface area contributed by atoms with E-state index in [0.29, 0.717) is 5.69 Å². The lowest BCUT2D eigenvalue weighted by Crippen LogP contribution is -2.31. The molecule has 0 saturated heterocycles. The van der Waals surface area contributed by atoms with Gasteiger partial charge in [0.25, 0.3) is 10.0 Å². The minimum atomic E-state index is -4.03. The first kappa shape index (κ1) is 18.7. The van der Waals surface area contributed by atoms with Crippen molar-refractivity contribution in [3.63, 3.8) is 0 Å². The van der Waals surface area contributed by atoms with Gasteiger partial charge < -0.3 is 9.84 Å². The molecular weight excluding hydrogens is 364 g/mol. The Kier molecular flexibility index (Phi) is 5.32. The van der Waals surface area contributed by atoms with E-state index >= 15 is 0 Å². The molecule has 1 heterocycles. The number of hydrogen-bond donors (Lipinski definition) is 1. The van der Waals surface area contributed by atoms with Gasteiger partial charge in [0.15, 0.2) is 0 Å². The van der Waals surface area contributed by atoms with Gasteiger partial charge in [-0.15, -0.1) is 0 Å². The maximum absolute atomic E-state index is 13.5. The second-order valence-corrected chi connectivity index (χ2v) is 7.81. The van der Waals surface area contributed by atoms with Gasteiger partial charge in [0.05, 0.1) is 25.0 Å². The van der Waals surface area contributed by atoms with Gasteiger partial charge in [-0.2, -0.15) is 0 Å². The van der Waals surface area contributed by atoms with Gasteiger partial charge in [0, 0.05) is 6.20 Å². The van der Waals surface area contributed by atoms with Crippen LogP contribution in [0.25, 0.3) is 0 Å². The van der Waals surface area contributed by atoms with Crippen molar-refractivity contribution in [2.75, 3.05) is 11.4 Å². The van der Waals surface area contributed by atoms with Crippen LogP contribution in [-0.4, -0.2) is 25.6 Å². The molecule has 1 N–H and O–H groups in total. The molecule has 0 radical (unpaired) electrons. The number of nitrogens with zero attached hydrogens (tertiary/aromatic N) is 2. The fraction of sp³-hybridized carbons (Fsp3) is 0.150. The summed E-state index contributed by atoms with van der Waals surface area (Å²) in [6, 6.07) is 16.5. The number of pyridine rings is 1. The summed E-state index contributed by atoms with van der Waals surface area (Å²) in [5.41, 5.74) is 1.51. The van der Waals surface area contributed by atoms with E-state index in [9.17, 15) is 13.5 Å². The molecular formula is C20H20N2O4S. The van der Waals surface area contributed by atoms with Crippen LogP contribution in [0, 0.1) is 6.92 Å². The van der Waals surface area contributed by atoms with E-state index in [0.717, 1.165) is 9.87 Å². The van der Waals surface area contributed by atoms with Crippen LogP contribution in [-0.2, 0) is 16.6 Å². The van der Waals surface area contributed by atoms with E-state index in [-0.39, 0.29) is 28.6 Å². The molecule has 2 aromatic carbocycles. The topological polar surface area (TPSA) is 79.7 Å². The number of methoxy groups -OCH3 is 1. The summed E-state index contributed by atoms with van der Waals surface area (Å²) in [4.78, 5) is 4.25. The predicted octanol–water partition coefficient (Wildman–Crippen LogP) is 3.50. The molecule has 0 amide bonds. The zero-order valence-corrected chi connectivity index (χ0v) is 15.8. The molecule has 7 heteroatoms. The number of benzene rings is 2. The monoisotopic (exact) mass is 384 g/mol. The number of ether oxygens (including phenoxy) is 1. The number of phenolic OH excluding ortho intramolecular Hbond substituents is 1. The lowest BCUT2D eigenvalue weighted by molar-refractivity contribution is 0.402. The second-order valence-electron chi connectivity index (χ2n) is 5.98. The number of aromatic nitrogens is 1. The van der Waals surface area contributed by atoms with Crippen LogP contribution < -0.4 is 9.04 Å². The van der Waals surface area contributed by atoms with Crippen molar-refractivity contribution in [1.29, 1.82) is 0 Å². The molecule has 3 rings (SSSR count). The molecule has 6 nitrogen and oxygen atoms in total. The zero-order valence-electron chi connectivity index (χ0n) is 15.0. The van der Waals surface area contributed by atoms with Crippen LogP contribution in [0.15, 0.2) is 71.8 Å². The van der Waals surface area contributed by atoms with Crippen molar-refractivity contribution in [3.8, 4) is 11.5 Å². The van der Waals surface area contributed by atoms with Gasteiger partial charge in [-0.05, 0) is 48.9 Å². The molecule has 3 aromatic rings. The predicted molar refractivity (Wildman–Crippen MR) is 103 cm³/mol. The van der Waals surface area contributed by atoms with Crippen LogP contribution in [0.4, 0.5) is 5.69 Å². The molecule has 0 saturated carbocycles. The highest BCUT2D eigenvalue weighted by molar-refractivity contribution is 7.93. The van der Waals surface area contributed by atoms with E-state index in [1.807, 2.05) is 6.92 Å². The molecule has 27 heavy (non-hydrogen) atoms. The Morgan fingerprint density at radius 2 is 1.81 bits per heavy atom. The van der Waals surface area contributed by atoms with Crippen LogP contribution >= 0.6 is 0 Å². The van der Waals surface area contributed by atoms with E-state index < -0.39 is 10.0 Å². The average molecular weight is 384 g/mol. The average Bonchev–Trinajstić information content (AvgIpc) is 2.67. The highest BCUT2D eigenvalue weighted by Gasteiger charge is 2.30. The third-order valence-electron chi connectivity index (χ3n) is 4.07. The van der Waals surface area contributed by atoms with Gasteiger partial charge in [0.1, 0.15) is 16.4 Å². The van der Waals surface area contributed by atoms with E-state index in [2.05, 4.69) is 4.98 Å². The van der Waals surface area contributed by atoms with Crippen molar-refractivity contribution in [3.05, 3.63) is 78.1 Å². The zero-order chi connectivity index (χ0) is 19.4. The van der Waals surface area contributed by atoms with Crippen LogP contribution in [0.1, 0.15) is 11.3 Å². The minimum Gasteiger partial charge on any atom is -0.506 e. The molecule has 0 fully saturated rings. The fourth-order valence-electron chi connectivity index (χ4n) is 2.72. The van der Waals surface area contributed by atoms with Gasteiger partial charge in [-0.25, -0.2) is 8.42 Å². The van der Waals surface area contributed by atoms with Crippen molar-refractivity contribution in [1.82, 2.24) is 4.98 Å². The Balaban J connectivity index is 2.18. The molecule has 0 aliphatic rings. The third-order valence-corrected chi connectivity index (χ3v) is 5.85. The largest absolute Gasteiger partial charge is 0.506 e. The summed E-state index contributed by atoms with van der Waals surface area (Å²) in [5.74, 6) is 0.102. The first-order chi connectivity index (χ1) is 12.9. The standard InChI is InChI=1S/C20H20N2O4S/c1-15-10-11-19(26-2)20(13-15)27(24,25)22(14-16-7-5-6-12-21-16)17-8-3-4-9-18(17)23/h3-13,23H,14H2,1-2H3.